The number of anilines is 1. The Balaban J connectivity index is 1.33. The summed E-state index contributed by atoms with van der Waals surface area (Å²) in [6.45, 7) is 3.47. The molecule has 8 heteroatoms. The average molecular weight is 369 g/mol. The van der Waals surface area contributed by atoms with Crippen LogP contribution in [0.5, 0.6) is 0 Å². The number of nitrogens with zero attached hydrogens (tertiary/aromatic N) is 4. The Morgan fingerprint density at radius 3 is 2.77 bits per heavy atom. The molecule has 26 heavy (non-hydrogen) atoms. The highest BCUT2D eigenvalue weighted by atomic mass is 32.1. The zero-order valence-corrected chi connectivity index (χ0v) is 15.0. The lowest BCUT2D eigenvalue weighted by molar-refractivity contribution is 0.0615. The summed E-state index contributed by atoms with van der Waals surface area (Å²) in [5.74, 6) is 1.25. The van der Waals surface area contributed by atoms with Gasteiger partial charge in [-0.05, 0) is 29.6 Å². The molecule has 2 N–H and O–H groups in total. The predicted molar refractivity (Wildman–Crippen MR) is 99.6 cm³/mol. The fourth-order valence-corrected chi connectivity index (χ4v) is 3.63. The number of carbonyl (C=O) groups excluding carboxylic acids is 1. The van der Waals surface area contributed by atoms with Crippen LogP contribution in [0, 0.1) is 0 Å². The summed E-state index contributed by atoms with van der Waals surface area (Å²) in [4.78, 5) is 22.1. The van der Waals surface area contributed by atoms with E-state index >= 15 is 0 Å². The Kier molecular flexibility index (Phi) is 4.68. The molecular weight excluding hydrogens is 350 g/mol. The molecule has 0 atom stereocenters. The lowest BCUT2D eigenvalue weighted by Crippen LogP contribution is -2.48. The average Bonchev–Trinajstić information content (AvgIpc) is 3.33. The van der Waals surface area contributed by atoms with Gasteiger partial charge in [0.25, 0.3) is 5.91 Å². The summed E-state index contributed by atoms with van der Waals surface area (Å²) in [5.41, 5.74) is 7.01. The quantitative estimate of drug-likeness (QED) is 0.710. The Morgan fingerprint density at radius 1 is 1.19 bits per heavy atom. The zero-order valence-electron chi connectivity index (χ0n) is 14.2. The van der Waals surface area contributed by atoms with Gasteiger partial charge in [0.2, 0.25) is 11.7 Å². The molecule has 1 saturated heterocycles. The molecule has 7 nitrogen and oxygen atoms in total. The highest BCUT2D eigenvalue weighted by molar-refractivity contribution is 7.13. The second kappa shape index (κ2) is 7.27. The maximum absolute atomic E-state index is 12.6. The number of nitrogens with two attached hydrogens (primary N) is 1. The number of hydrogen-bond donors (Lipinski definition) is 1. The van der Waals surface area contributed by atoms with Crippen molar-refractivity contribution in [3.05, 3.63) is 53.2 Å². The molecule has 1 aliphatic heterocycles. The molecule has 0 saturated carbocycles. The monoisotopic (exact) mass is 369 g/mol. The van der Waals surface area contributed by atoms with Crippen molar-refractivity contribution >= 4 is 22.9 Å². The van der Waals surface area contributed by atoms with Crippen LogP contribution in [0.3, 0.4) is 0 Å². The summed E-state index contributed by atoms with van der Waals surface area (Å²) in [6, 6.07) is 11.0. The molecule has 1 aromatic carbocycles. The molecule has 1 aliphatic rings. The van der Waals surface area contributed by atoms with Crippen LogP contribution in [0.2, 0.25) is 0 Å². The lowest BCUT2D eigenvalue weighted by Gasteiger charge is -2.34. The van der Waals surface area contributed by atoms with E-state index in [-0.39, 0.29) is 5.91 Å². The maximum atomic E-state index is 12.6. The third-order valence-corrected chi connectivity index (χ3v) is 5.23. The molecule has 0 aliphatic carbocycles. The van der Waals surface area contributed by atoms with Crippen molar-refractivity contribution in [1.29, 1.82) is 0 Å². The fraction of sp³-hybridized carbons (Fsp3) is 0.278. The topological polar surface area (TPSA) is 88.5 Å². The van der Waals surface area contributed by atoms with Gasteiger partial charge in [0.1, 0.15) is 0 Å². The molecule has 0 radical (unpaired) electrons. The first-order valence-corrected chi connectivity index (χ1v) is 9.30. The molecule has 3 aromatic rings. The van der Waals surface area contributed by atoms with Crippen LogP contribution >= 0.6 is 11.3 Å². The molecule has 0 spiro atoms. The van der Waals surface area contributed by atoms with Crippen molar-refractivity contribution in [2.45, 2.75) is 6.54 Å². The van der Waals surface area contributed by atoms with Crippen molar-refractivity contribution in [3.8, 4) is 10.7 Å². The van der Waals surface area contributed by atoms with Gasteiger partial charge in [0.05, 0.1) is 11.4 Å². The van der Waals surface area contributed by atoms with Gasteiger partial charge < -0.3 is 15.2 Å². The van der Waals surface area contributed by atoms with Crippen LogP contribution in [0.15, 0.2) is 46.3 Å². The van der Waals surface area contributed by atoms with Gasteiger partial charge in [0.15, 0.2) is 0 Å². The largest absolute Gasteiger partial charge is 0.399 e. The fourth-order valence-electron chi connectivity index (χ4n) is 2.98. The first-order chi connectivity index (χ1) is 12.7. The maximum Gasteiger partial charge on any atom is 0.254 e. The number of aromatic nitrogens is 2. The smallest absolute Gasteiger partial charge is 0.254 e. The molecular formula is C18H19N5O2S. The van der Waals surface area contributed by atoms with Crippen LogP contribution < -0.4 is 5.73 Å². The summed E-state index contributed by atoms with van der Waals surface area (Å²) >= 11 is 1.59. The minimum absolute atomic E-state index is 0.0229. The minimum Gasteiger partial charge on any atom is -0.399 e. The summed E-state index contributed by atoms with van der Waals surface area (Å²) in [7, 11) is 0. The number of hydrogen-bond acceptors (Lipinski definition) is 7. The van der Waals surface area contributed by atoms with Gasteiger partial charge in [0, 0.05) is 37.4 Å². The van der Waals surface area contributed by atoms with Crippen molar-refractivity contribution in [2.24, 2.45) is 0 Å². The summed E-state index contributed by atoms with van der Waals surface area (Å²) in [5, 5.41) is 6.02. The molecule has 4 rings (SSSR count). The van der Waals surface area contributed by atoms with Gasteiger partial charge >= 0.3 is 0 Å². The van der Waals surface area contributed by atoms with E-state index in [0.29, 0.717) is 42.6 Å². The van der Waals surface area contributed by atoms with Crippen LogP contribution in [0.1, 0.15) is 16.2 Å². The van der Waals surface area contributed by atoms with Crippen molar-refractivity contribution in [1.82, 2.24) is 19.9 Å². The van der Waals surface area contributed by atoms with E-state index in [1.54, 1.807) is 35.6 Å². The number of benzene rings is 1. The van der Waals surface area contributed by atoms with Gasteiger partial charge in [-0.3, -0.25) is 9.69 Å². The van der Waals surface area contributed by atoms with E-state index in [9.17, 15) is 4.79 Å². The normalized spacial score (nSPS) is 15.3. The second-order valence-electron chi connectivity index (χ2n) is 6.18. The van der Waals surface area contributed by atoms with Crippen LogP contribution in [-0.4, -0.2) is 52.0 Å². The molecule has 1 fully saturated rings. The third kappa shape index (κ3) is 3.61. The highest BCUT2D eigenvalue weighted by Gasteiger charge is 2.23. The van der Waals surface area contributed by atoms with Gasteiger partial charge in [-0.15, -0.1) is 11.3 Å². The molecule has 2 aromatic heterocycles. The van der Waals surface area contributed by atoms with Crippen molar-refractivity contribution < 1.29 is 9.32 Å². The van der Waals surface area contributed by atoms with Crippen molar-refractivity contribution in [3.63, 3.8) is 0 Å². The summed E-state index contributed by atoms with van der Waals surface area (Å²) < 4.78 is 5.36. The van der Waals surface area contributed by atoms with E-state index in [2.05, 4.69) is 15.0 Å². The van der Waals surface area contributed by atoms with E-state index in [1.807, 2.05) is 22.4 Å². The number of carbonyl (C=O) groups is 1. The number of rotatable bonds is 4. The van der Waals surface area contributed by atoms with E-state index in [1.165, 1.54) is 0 Å². The molecule has 0 unspecified atom stereocenters. The standard InChI is InChI=1S/C18H19N5O2S/c19-14-4-1-3-13(11-14)18(24)23-8-6-22(7-9-23)12-16-20-17(21-25-16)15-5-2-10-26-15/h1-5,10-11H,6-9,12,19H2. The van der Waals surface area contributed by atoms with Gasteiger partial charge in [-0.1, -0.05) is 17.3 Å². The first-order valence-electron chi connectivity index (χ1n) is 8.43. The first kappa shape index (κ1) is 16.7. The van der Waals surface area contributed by atoms with E-state index in [4.69, 9.17) is 10.3 Å². The number of nitrogen functional groups attached to an aromatic ring is 1. The van der Waals surface area contributed by atoms with Gasteiger partial charge in [-0.2, -0.15) is 4.98 Å². The molecule has 1 amide bonds. The van der Waals surface area contributed by atoms with Gasteiger partial charge in [-0.25, -0.2) is 0 Å². The van der Waals surface area contributed by atoms with E-state index in [0.717, 1.165) is 18.0 Å². The van der Waals surface area contributed by atoms with Crippen molar-refractivity contribution in [2.75, 3.05) is 31.9 Å². The molecule has 3 heterocycles. The third-order valence-electron chi connectivity index (χ3n) is 4.36. The Labute approximate surface area is 155 Å². The number of piperazine rings is 1. The van der Waals surface area contributed by atoms with E-state index < -0.39 is 0 Å². The van der Waals surface area contributed by atoms with Crippen LogP contribution in [-0.2, 0) is 6.54 Å². The molecule has 134 valence electrons. The highest BCUT2D eigenvalue weighted by Crippen LogP contribution is 2.22. The Bertz CT molecular complexity index is 885. The molecule has 0 bridgehead atoms. The SMILES string of the molecule is Nc1cccc(C(=O)N2CCN(Cc3nc(-c4cccs4)no3)CC2)c1. The summed E-state index contributed by atoms with van der Waals surface area (Å²) in [6.07, 6.45) is 0. The zero-order chi connectivity index (χ0) is 17.9. The number of thiophene rings is 1. The second-order valence-corrected chi connectivity index (χ2v) is 7.13. The lowest BCUT2D eigenvalue weighted by atomic mass is 10.1. The van der Waals surface area contributed by atoms with Crippen LogP contribution in [0.25, 0.3) is 10.7 Å². The number of amides is 1. The predicted octanol–water partition coefficient (Wildman–Crippen LogP) is 2.34. The Morgan fingerprint density at radius 2 is 2.04 bits per heavy atom. The minimum atomic E-state index is 0.0229. The Hall–Kier alpha value is -2.71. The van der Waals surface area contributed by atoms with Crippen LogP contribution in [0.4, 0.5) is 5.69 Å².